The molecular weight excluding hydrogens is 340 g/mol. The molecule has 1 aromatic rings. The Labute approximate surface area is 137 Å². The summed E-state index contributed by atoms with van der Waals surface area (Å²) < 4.78 is 56.6. The molecule has 0 bridgehead atoms. The van der Waals surface area contributed by atoms with Crippen molar-refractivity contribution in [2.75, 3.05) is 19.8 Å². The highest BCUT2D eigenvalue weighted by atomic mass is 35.5. The van der Waals surface area contributed by atoms with E-state index < -0.39 is 17.6 Å². The third-order valence-electron chi connectivity index (χ3n) is 3.28. The Bertz CT molecular complexity index is 534. The third kappa shape index (κ3) is 5.96. The molecule has 0 aromatic heterocycles. The lowest BCUT2D eigenvalue weighted by Crippen LogP contribution is -2.44. The number of rotatable bonds is 4. The molecule has 1 atom stereocenters. The zero-order chi connectivity index (χ0) is 16.2. The lowest BCUT2D eigenvalue weighted by atomic mass is 10.1. The third-order valence-corrected chi connectivity index (χ3v) is 3.28. The normalized spacial score (nSPS) is 18.2. The monoisotopic (exact) mass is 356 g/mol. The van der Waals surface area contributed by atoms with Crippen molar-refractivity contribution >= 4 is 18.3 Å². The van der Waals surface area contributed by atoms with E-state index >= 15 is 0 Å². The second-order valence-electron chi connectivity index (χ2n) is 5.01. The van der Waals surface area contributed by atoms with E-state index in [1.165, 1.54) is 0 Å². The standard InChI is InChI=1S/C14H16F4N2O2.ClH/c15-10-2-1-9(12(5-10)14(16,17)18)7-20-13(21)6-11-8-22-4-3-19-11;/h1-2,5,11,19H,3-4,6-8H2,(H,20,21);1H. The number of halogens is 5. The van der Waals surface area contributed by atoms with E-state index in [-0.39, 0.29) is 42.9 Å². The predicted octanol–water partition coefficient (Wildman–Crippen LogP) is 2.26. The molecule has 0 radical (unpaired) electrons. The van der Waals surface area contributed by atoms with Crippen molar-refractivity contribution in [3.8, 4) is 0 Å². The maximum absolute atomic E-state index is 13.0. The molecule has 1 fully saturated rings. The van der Waals surface area contributed by atoms with E-state index in [4.69, 9.17) is 4.74 Å². The maximum atomic E-state index is 13.0. The van der Waals surface area contributed by atoms with Gasteiger partial charge in [0.05, 0.1) is 18.8 Å². The summed E-state index contributed by atoms with van der Waals surface area (Å²) in [6.45, 7) is 1.29. The smallest absolute Gasteiger partial charge is 0.378 e. The average Bonchev–Trinajstić information content (AvgIpc) is 2.46. The Morgan fingerprint density at radius 2 is 2.13 bits per heavy atom. The molecule has 1 saturated heterocycles. The van der Waals surface area contributed by atoms with E-state index in [0.717, 1.165) is 12.1 Å². The average molecular weight is 357 g/mol. The molecule has 9 heteroatoms. The molecule has 0 spiro atoms. The molecule has 1 aliphatic heterocycles. The quantitative estimate of drug-likeness (QED) is 0.814. The van der Waals surface area contributed by atoms with Crippen LogP contribution < -0.4 is 10.6 Å². The van der Waals surface area contributed by atoms with Gasteiger partial charge in [0, 0.05) is 25.6 Å². The van der Waals surface area contributed by atoms with Crippen molar-refractivity contribution in [3.05, 3.63) is 35.1 Å². The van der Waals surface area contributed by atoms with E-state index in [2.05, 4.69) is 10.6 Å². The largest absolute Gasteiger partial charge is 0.416 e. The molecule has 2 rings (SSSR count). The zero-order valence-corrected chi connectivity index (χ0v) is 12.9. The molecule has 0 saturated carbocycles. The first-order valence-electron chi connectivity index (χ1n) is 6.79. The minimum absolute atomic E-state index is 0. The highest BCUT2D eigenvalue weighted by molar-refractivity contribution is 5.85. The van der Waals surface area contributed by atoms with Crippen LogP contribution in [0.1, 0.15) is 17.5 Å². The Kier molecular flexibility index (Phi) is 7.24. The van der Waals surface area contributed by atoms with Crippen molar-refractivity contribution in [3.63, 3.8) is 0 Å². The predicted molar refractivity (Wildman–Crippen MR) is 77.7 cm³/mol. The first kappa shape index (κ1) is 19.7. The number of amides is 1. The molecule has 4 nitrogen and oxygen atoms in total. The Morgan fingerprint density at radius 1 is 1.39 bits per heavy atom. The summed E-state index contributed by atoms with van der Waals surface area (Å²) in [5, 5.41) is 5.50. The van der Waals surface area contributed by atoms with Crippen LogP contribution >= 0.6 is 12.4 Å². The van der Waals surface area contributed by atoms with Gasteiger partial charge in [0.2, 0.25) is 5.91 Å². The molecule has 1 amide bonds. The van der Waals surface area contributed by atoms with Gasteiger partial charge in [0.25, 0.3) is 0 Å². The summed E-state index contributed by atoms with van der Waals surface area (Å²) in [6, 6.07) is 2.25. The van der Waals surface area contributed by atoms with Crippen LogP contribution in [0.25, 0.3) is 0 Å². The van der Waals surface area contributed by atoms with Gasteiger partial charge < -0.3 is 15.4 Å². The molecule has 1 aromatic carbocycles. The fourth-order valence-electron chi connectivity index (χ4n) is 2.21. The summed E-state index contributed by atoms with van der Waals surface area (Å²) in [5.41, 5.74) is -1.25. The Hall–Kier alpha value is -1.38. The summed E-state index contributed by atoms with van der Waals surface area (Å²) >= 11 is 0. The second kappa shape index (κ2) is 8.47. The topological polar surface area (TPSA) is 50.4 Å². The van der Waals surface area contributed by atoms with Gasteiger partial charge in [-0.05, 0) is 17.7 Å². The lowest BCUT2D eigenvalue weighted by molar-refractivity contribution is -0.138. The van der Waals surface area contributed by atoms with Gasteiger partial charge in [0.15, 0.2) is 0 Å². The lowest BCUT2D eigenvalue weighted by Gasteiger charge is -2.23. The number of hydrogen-bond donors (Lipinski definition) is 2. The van der Waals surface area contributed by atoms with Crippen molar-refractivity contribution < 1.29 is 27.1 Å². The molecule has 1 heterocycles. The molecular formula is C14H17ClF4N2O2. The minimum atomic E-state index is -4.67. The molecule has 1 unspecified atom stereocenters. The molecule has 130 valence electrons. The zero-order valence-electron chi connectivity index (χ0n) is 12.1. The summed E-state index contributed by atoms with van der Waals surface area (Å²) in [7, 11) is 0. The fraction of sp³-hybridized carbons (Fsp3) is 0.500. The summed E-state index contributed by atoms with van der Waals surface area (Å²) in [6.07, 6.45) is -4.55. The van der Waals surface area contributed by atoms with Crippen LogP contribution in [-0.2, 0) is 22.3 Å². The van der Waals surface area contributed by atoms with Crippen LogP contribution in [0, 0.1) is 5.82 Å². The van der Waals surface area contributed by atoms with E-state index in [0.29, 0.717) is 25.8 Å². The van der Waals surface area contributed by atoms with Crippen molar-refractivity contribution in [2.45, 2.75) is 25.2 Å². The van der Waals surface area contributed by atoms with Crippen LogP contribution in [0.15, 0.2) is 18.2 Å². The van der Waals surface area contributed by atoms with Gasteiger partial charge in [-0.15, -0.1) is 12.4 Å². The number of nitrogens with one attached hydrogen (secondary N) is 2. The van der Waals surface area contributed by atoms with Gasteiger partial charge in [-0.3, -0.25) is 4.79 Å². The number of carbonyl (C=O) groups excluding carboxylic acids is 1. The fourth-order valence-corrected chi connectivity index (χ4v) is 2.21. The van der Waals surface area contributed by atoms with Crippen LogP contribution in [0.3, 0.4) is 0 Å². The van der Waals surface area contributed by atoms with Crippen LogP contribution in [0.5, 0.6) is 0 Å². The van der Waals surface area contributed by atoms with Gasteiger partial charge >= 0.3 is 6.18 Å². The summed E-state index contributed by atoms with van der Waals surface area (Å²) in [5.74, 6) is -1.36. The van der Waals surface area contributed by atoms with Crippen molar-refractivity contribution in [1.82, 2.24) is 10.6 Å². The molecule has 23 heavy (non-hydrogen) atoms. The summed E-state index contributed by atoms with van der Waals surface area (Å²) in [4.78, 5) is 11.8. The van der Waals surface area contributed by atoms with Gasteiger partial charge in [0.1, 0.15) is 5.82 Å². The Balaban J connectivity index is 0.00000264. The highest BCUT2D eigenvalue weighted by Crippen LogP contribution is 2.32. The number of alkyl halides is 3. The number of carbonyl (C=O) groups is 1. The van der Waals surface area contributed by atoms with Crippen LogP contribution in [0.2, 0.25) is 0 Å². The number of morpholine rings is 1. The van der Waals surface area contributed by atoms with Crippen LogP contribution in [0.4, 0.5) is 17.6 Å². The first-order chi connectivity index (χ1) is 10.4. The second-order valence-corrected chi connectivity index (χ2v) is 5.01. The molecule has 0 aliphatic carbocycles. The maximum Gasteiger partial charge on any atom is 0.416 e. The SMILES string of the molecule is Cl.O=C(CC1COCCN1)NCc1ccc(F)cc1C(F)(F)F. The number of hydrogen-bond acceptors (Lipinski definition) is 3. The molecule has 2 N–H and O–H groups in total. The highest BCUT2D eigenvalue weighted by Gasteiger charge is 2.33. The van der Waals surface area contributed by atoms with E-state index in [1.54, 1.807) is 0 Å². The number of benzene rings is 1. The number of ether oxygens (including phenoxy) is 1. The van der Waals surface area contributed by atoms with Gasteiger partial charge in [-0.25, -0.2) is 4.39 Å². The molecule has 1 aliphatic rings. The minimum Gasteiger partial charge on any atom is -0.378 e. The van der Waals surface area contributed by atoms with E-state index in [1.807, 2.05) is 0 Å². The van der Waals surface area contributed by atoms with E-state index in [9.17, 15) is 22.4 Å². The first-order valence-corrected chi connectivity index (χ1v) is 6.79. The Morgan fingerprint density at radius 3 is 2.74 bits per heavy atom. The van der Waals surface area contributed by atoms with Gasteiger partial charge in [-0.1, -0.05) is 6.07 Å². The van der Waals surface area contributed by atoms with Crippen molar-refractivity contribution in [2.24, 2.45) is 0 Å². The van der Waals surface area contributed by atoms with Gasteiger partial charge in [-0.2, -0.15) is 13.2 Å². The van der Waals surface area contributed by atoms with Crippen LogP contribution in [-0.4, -0.2) is 31.7 Å². The van der Waals surface area contributed by atoms with Crippen molar-refractivity contribution in [1.29, 1.82) is 0 Å².